The van der Waals surface area contributed by atoms with Crippen molar-refractivity contribution in [1.82, 2.24) is 14.5 Å². The van der Waals surface area contributed by atoms with Crippen LogP contribution in [0.1, 0.15) is 0 Å². The summed E-state index contributed by atoms with van der Waals surface area (Å²) in [4.78, 5) is 10.7. The van der Waals surface area contributed by atoms with E-state index in [1.165, 1.54) is 0 Å². The number of para-hydroxylation sites is 4. The van der Waals surface area contributed by atoms with E-state index in [0.717, 1.165) is 110 Å². The molecule has 0 amide bonds. The predicted octanol–water partition coefficient (Wildman–Crippen LogP) is 14.0. The number of benzene rings is 8. The zero-order valence-electron chi connectivity index (χ0n) is 30.6. The molecule has 0 aliphatic heterocycles. The summed E-state index contributed by atoms with van der Waals surface area (Å²) in [6.07, 6.45) is 0. The smallest absolute Gasteiger partial charge is 0.235 e. The maximum atomic E-state index is 6.38. The van der Waals surface area contributed by atoms with Crippen LogP contribution >= 0.6 is 0 Å². The summed E-state index contributed by atoms with van der Waals surface area (Å²) in [5, 5.41) is 6.74. The Balaban J connectivity index is 1.11. The van der Waals surface area contributed by atoms with Gasteiger partial charge in [0.25, 0.3) is 0 Å². The second-order valence-electron chi connectivity index (χ2n) is 14.6. The maximum absolute atomic E-state index is 6.38. The van der Waals surface area contributed by atoms with Crippen LogP contribution in [-0.2, 0) is 0 Å². The molecule has 0 radical (unpaired) electrons. The first-order valence-corrected chi connectivity index (χ1v) is 19.1. The topological polar surface area (TPSA) is 57.0 Å². The van der Waals surface area contributed by atoms with Gasteiger partial charge in [0.15, 0.2) is 0 Å². The van der Waals surface area contributed by atoms with E-state index in [9.17, 15) is 0 Å². The Bertz CT molecular complexity index is 3350. The molecule has 5 heteroatoms. The molecule has 8 aromatic carbocycles. The molecule has 0 aliphatic rings. The van der Waals surface area contributed by atoms with Crippen LogP contribution in [0, 0.1) is 0 Å². The fourth-order valence-electron chi connectivity index (χ4n) is 8.50. The van der Waals surface area contributed by atoms with Crippen molar-refractivity contribution in [2.24, 2.45) is 0 Å². The minimum absolute atomic E-state index is 0.614. The van der Waals surface area contributed by atoms with Gasteiger partial charge in [-0.15, -0.1) is 0 Å². The van der Waals surface area contributed by atoms with Crippen molar-refractivity contribution in [3.8, 4) is 50.7 Å². The van der Waals surface area contributed by atoms with Gasteiger partial charge in [0, 0.05) is 43.4 Å². The maximum Gasteiger partial charge on any atom is 0.235 e. The van der Waals surface area contributed by atoms with Crippen molar-refractivity contribution in [2.75, 3.05) is 0 Å². The van der Waals surface area contributed by atoms with Gasteiger partial charge in [-0.2, -0.15) is 0 Å². The van der Waals surface area contributed by atoms with Crippen molar-refractivity contribution >= 4 is 65.7 Å². The molecule has 4 aromatic heterocycles. The summed E-state index contributed by atoms with van der Waals surface area (Å²) < 4.78 is 14.9. The molecule has 0 fully saturated rings. The first-order valence-electron chi connectivity index (χ1n) is 19.1. The fourth-order valence-corrected chi connectivity index (χ4v) is 8.50. The van der Waals surface area contributed by atoms with Crippen molar-refractivity contribution in [3.05, 3.63) is 188 Å². The summed E-state index contributed by atoms with van der Waals surface area (Å²) in [6, 6.07) is 65.6. The summed E-state index contributed by atoms with van der Waals surface area (Å²) in [5.74, 6) is 0.614. The third kappa shape index (κ3) is 5.10. The van der Waals surface area contributed by atoms with Crippen LogP contribution < -0.4 is 0 Å². The molecule has 12 aromatic rings. The fraction of sp³-hybridized carbons (Fsp3) is 0. The number of aromatic nitrogens is 3. The van der Waals surface area contributed by atoms with Crippen molar-refractivity contribution < 1.29 is 8.83 Å². The molecule has 4 heterocycles. The zero-order chi connectivity index (χ0) is 37.5. The Morgan fingerprint density at radius 2 is 0.737 bits per heavy atom. The number of nitrogens with zero attached hydrogens (tertiary/aromatic N) is 3. The molecule has 0 unspecified atom stereocenters. The van der Waals surface area contributed by atoms with Gasteiger partial charge in [0.2, 0.25) is 5.95 Å². The molecule has 0 bridgehead atoms. The van der Waals surface area contributed by atoms with E-state index in [2.05, 4.69) is 162 Å². The SMILES string of the molecule is c1ccc(-c2cc(-c3cc(-c4ccc5c(c4)oc4ccccc45)cc(-c4ccc5c(c4)oc4ccccc45)c3)nc(-n3c4ccccc4c4ccccc43)n2)cc1. The third-order valence-corrected chi connectivity index (χ3v) is 11.2. The van der Waals surface area contributed by atoms with Crippen molar-refractivity contribution in [1.29, 1.82) is 0 Å². The van der Waals surface area contributed by atoms with Crippen LogP contribution in [0.15, 0.2) is 197 Å². The number of hydrogen-bond donors (Lipinski definition) is 0. The van der Waals surface area contributed by atoms with Gasteiger partial charge in [-0.3, -0.25) is 4.57 Å². The van der Waals surface area contributed by atoms with Gasteiger partial charge < -0.3 is 8.83 Å². The van der Waals surface area contributed by atoms with Crippen LogP contribution in [0.2, 0.25) is 0 Å². The van der Waals surface area contributed by atoms with Gasteiger partial charge in [-0.25, -0.2) is 9.97 Å². The van der Waals surface area contributed by atoms with Gasteiger partial charge in [0.1, 0.15) is 22.3 Å². The normalized spacial score (nSPS) is 11.9. The lowest BCUT2D eigenvalue weighted by Gasteiger charge is -2.14. The van der Waals surface area contributed by atoms with Crippen molar-refractivity contribution in [3.63, 3.8) is 0 Å². The van der Waals surface area contributed by atoms with Crippen LogP contribution in [0.25, 0.3) is 116 Å². The average Bonchev–Trinajstić information content (AvgIpc) is 3.95. The molecule has 5 nitrogen and oxygen atoms in total. The van der Waals surface area contributed by atoms with E-state index in [0.29, 0.717) is 5.95 Å². The van der Waals surface area contributed by atoms with Crippen LogP contribution in [0.3, 0.4) is 0 Å². The van der Waals surface area contributed by atoms with E-state index in [1.54, 1.807) is 0 Å². The second-order valence-corrected chi connectivity index (χ2v) is 14.6. The zero-order valence-corrected chi connectivity index (χ0v) is 30.6. The highest BCUT2D eigenvalue weighted by Gasteiger charge is 2.19. The highest BCUT2D eigenvalue weighted by Crippen LogP contribution is 2.39. The van der Waals surface area contributed by atoms with E-state index in [-0.39, 0.29) is 0 Å². The monoisotopic (exact) mass is 729 g/mol. The summed E-state index contributed by atoms with van der Waals surface area (Å²) >= 11 is 0. The molecule has 0 spiro atoms. The lowest BCUT2D eigenvalue weighted by Crippen LogP contribution is -2.04. The molecule has 57 heavy (non-hydrogen) atoms. The third-order valence-electron chi connectivity index (χ3n) is 11.2. The molecule has 0 atom stereocenters. The van der Waals surface area contributed by atoms with E-state index >= 15 is 0 Å². The van der Waals surface area contributed by atoms with Crippen molar-refractivity contribution in [2.45, 2.75) is 0 Å². The number of rotatable bonds is 5. The van der Waals surface area contributed by atoms with Gasteiger partial charge in [-0.1, -0.05) is 115 Å². The first-order chi connectivity index (χ1) is 28.2. The Morgan fingerprint density at radius 1 is 0.298 bits per heavy atom. The number of hydrogen-bond acceptors (Lipinski definition) is 4. The van der Waals surface area contributed by atoms with Gasteiger partial charge in [-0.05, 0) is 95.1 Å². The number of fused-ring (bicyclic) bond motifs is 9. The quantitative estimate of drug-likeness (QED) is 0.177. The molecule has 0 saturated heterocycles. The van der Waals surface area contributed by atoms with E-state index in [1.807, 2.05) is 30.3 Å². The largest absolute Gasteiger partial charge is 0.456 e. The molecule has 0 saturated carbocycles. The Kier molecular flexibility index (Phi) is 6.86. The second kappa shape index (κ2) is 12.4. The Morgan fingerprint density at radius 3 is 1.30 bits per heavy atom. The van der Waals surface area contributed by atoms with Crippen LogP contribution in [0.4, 0.5) is 0 Å². The van der Waals surface area contributed by atoms with E-state index < -0.39 is 0 Å². The first kappa shape index (κ1) is 31.6. The molecular weight excluding hydrogens is 699 g/mol. The number of furan rings is 2. The molecule has 0 aliphatic carbocycles. The predicted molar refractivity (Wildman–Crippen MR) is 233 cm³/mol. The standard InChI is InChI=1S/C52H31N3O2/c1-2-12-32(13-3-1)44-31-45(54-52(53-44)55-46-18-8-4-14-38(46)39-15-5-9-19-47(39)55)37-27-35(33-22-24-42-40-16-6-10-20-48(40)56-50(42)29-33)26-36(28-37)34-23-25-43-41-17-7-11-21-49(41)57-51(43)30-34/h1-31H. The Labute approximate surface area is 326 Å². The minimum Gasteiger partial charge on any atom is -0.456 e. The average molecular weight is 730 g/mol. The Hall–Kier alpha value is -7.76. The lowest BCUT2D eigenvalue weighted by molar-refractivity contribution is 0.668. The van der Waals surface area contributed by atoms with Crippen LogP contribution in [-0.4, -0.2) is 14.5 Å². The highest BCUT2D eigenvalue weighted by atomic mass is 16.3. The highest BCUT2D eigenvalue weighted by molar-refractivity contribution is 6.09. The van der Waals surface area contributed by atoms with Crippen LogP contribution in [0.5, 0.6) is 0 Å². The summed E-state index contributed by atoms with van der Waals surface area (Å²) in [7, 11) is 0. The molecule has 12 rings (SSSR count). The summed E-state index contributed by atoms with van der Waals surface area (Å²) in [6.45, 7) is 0. The molecular formula is C52H31N3O2. The van der Waals surface area contributed by atoms with Gasteiger partial charge in [0.05, 0.1) is 22.4 Å². The summed E-state index contributed by atoms with van der Waals surface area (Å²) in [5.41, 5.74) is 13.4. The lowest BCUT2D eigenvalue weighted by atomic mass is 9.93. The molecule has 266 valence electrons. The molecule has 0 N–H and O–H groups in total. The van der Waals surface area contributed by atoms with E-state index in [4.69, 9.17) is 18.8 Å². The van der Waals surface area contributed by atoms with Gasteiger partial charge >= 0.3 is 0 Å². The minimum atomic E-state index is 0.614.